The Balaban J connectivity index is 1.13. The fraction of sp³-hybridized carbons (Fsp3) is 0.0164. The Hall–Kier alpha value is -6.58. The third kappa shape index (κ3) is 5.58. The predicted molar refractivity (Wildman–Crippen MR) is 295 cm³/mol. The molecule has 0 saturated carbocycles. The lowest BCUT2D eigenvalue weighted by atomic mass is 9.20. The molecule has 0 bridgehead atoms. The molecule has 6 heteroatoms. The van der Waals surface area contributed by atoms with Gasteiger partial charge in [-0.2, -0.15) is 0 Å². The zero-order valence-electron chi connectivity index (χ0n) is 36.5. The third-order valence-corrected chi connectivity index (χ3v) is 16.6. The van der Waals surface area contributed by atoms with Gasteiger partial charge >= 0.3 is 0 Å². The Morgan fingerprint density at radius 1 is 0.269 bits per heavy atom. The summed E-state index contributed by atoms with van der Waals surface area (Å²) in [6.07, 6.45) is 0. The second-order valence-corrected chi connectivity index (χ2v) is 20.6. The van der Waals surface area contributed by atoms with Gasteiger partial charge < -0.3 is 0 Å². The maximum Gasteiger partial charge on any atom is 0.240 e. The van der Waals surface area contributed by atoms with Gasteiger partial charge in [-0.3, -0.25) is 0 Å². The van der Waals surface area contributed by atoms with Gasteiger partial charge in [-0.1, -0.05) is 304 Å². The van der Waals surface area contributed by atoms with Crippen LogP contribution in [0.5, 0.6) is 0 Å². The maximum absolute atomic E-state index is 4.04. The van der Waals surface area contributed by atoms with Crippen LogP contribution in [-0.4, -0.2) is 26.9 Å². The molecule has 0 atom stereocenters. The number of halogens is 2. The highest BCUT2D eigenvalue weighted by atomic mass is 79.9. The Morgan fingerprint density at radius 2 is 0.567 bits per heavy atom. The molecule has 0 aromatic heterocycles. The van der Waals surface area contributed by atoms with Crippen molar-refractivity contribution in [2.45, 2.75) is 5.41 Å². The molecule has 2 aliphatic carbocycles. The van der Waals surface area contributed by atoms with Crippen molar-refractivity contribution < 1.29 is 0 Å². The number of hydrogen-bond acceptors (Lipinski definition) is 0. The highest BCUT2D eigenvalue weighted by Gasteiger charge is 2.56. The standard InChI is InChI=1S/C61H38B4Br2/c66-43-29-31-47-45(37-43)57-49(33-35-55-59(57)64(41-21-9-3-10-22-41)53-27-15-13-25-51(53)62(55)39-17-5-1-6-18-39)61(47)48-32-30-44(67)38-46(48)58-50(61)34-36-56-60(58)65(42-23-11-4-12-24-42)54-28-16-14-26-52(54)63(56)40-19-7-2-8-20-40/h1-38H. The number of hydrogen-bond donors (Lipinski definition) is 0. The van der Waals surface area contributed by atoms with Crippen molar-refractivity contribution >= 4 is 124 Å². The molecule has 308 valence electrons. The summed E-state index contributed by atoms with van der Waals surface area (Å²) in [5, 5.41) is 0. The molecule has 0 fully saturated rings. The van der Waals surface area contributed by atoms with E-state index in [1.165, 1.54) is 110 Å². The molecular weight excluding hydrogens is 936 g/mol. The molecule has 2 heterocycles. The minimum absolute atomic E-state index is 0.0312. The van der Waals surface area contributed by atoms with Crippen LogP contribution in [0.1, 0.15) is 22.3 Å². The van der Waals surface area contributed by atoms with E-state index in [4.69, 9.17) is 0 Å². The lowest BCUT2D eigenvalue weighted by molar-refractivity contribution is 0.794. The second kappa shape index (κ2) is 15.2. The van der Waals surface area contributed by atoms with E-state index >= 15 is 0 Å². The predicted octanol–water partition coefficient (Wildman–Crippen LogP) is 6.25. The molecule has 0 amide bonds. The number of fused-ring (bicyclic) bond motifs is 16. The summed E-state index contributed by atoms with van der Waals surface area (Å²) in [6.45, 7) is 0.225. The first-order chi connectivity index (χ1) is 33.1. The number of rotatable bonds is 4. The average Bonchev–Trinajstić information content (AvgIpc) is 3.84. The molecule has 4 aliphatic rings. The first kappa shape index (κ1) is 39.6. The van der Waals surface area contributed by atoms with Crippen molar-refractivity contribution in [3.05, 3.63) is 262 Å². The van der Waals surface area contributed by atoms with Crippen LogP contribution in [0.3, 0.4) is 0 Å². The second-order valence-electron chi connectivity index (χ2n) is 18.7. The fourth-order valence-corrected chi connectivity index (χ4v) is 14.0. The van der Waals surface area contributed by atoms with Gasteiger partial charge in [-0.05, 0) is 68.8 Å². The van der Waals surface area contributed by atoms with Gasteiger partial charge in [0.15, 0.2) is 0 Å². The minimum atomic E-state index is -0.582. The van der Waals surface area contributed by atoms with Crippen molar-refractivity contribution in [2.24, 2.45) is 0 Å². The molecule has 1 spiro atoms. The highest BCUT2D eigenvalue weighted by molar-refractivity contribution is 9.10. The lowest BCUT2D eigenvalue weighted by Crippen LogP contribution is -2.75. The molecule has 0 saturated heterocycles. The largest absolute Gasteiger partial charge is 0.240 e. The third-order valence-electron chi connectivity index (χ3n) is 15.6. The van der Waals surface area contributed by atoms with Crippen LogP contribution in [-0.2, 0) is 5.41 Å². The molecular formula is C61H38B4Br2. The van der Waals surface area contributed by atoms with Crippen molar-refractivity contribution in [3.63, 3.8) is 0 Å². The first-order valence-electron chi connectivity index (χ1n) is 23.4. The van der Waals surface area contributed by atoms with Crippen LogP contribution in [0.4, 0.5) is 0 Å². The van der Waals surface area contributed by atoms with Crippen LogP contribution in [0.2, 0.25) is 0 Å². The Morgan fingerprint density at radius 3 is 0.925 bits per heavy atom. The van der Waals surface area contributed by atoms with Gasteiger partial charge in [0.25, 0.3) is 0 Å². The van der Waals surface area contributed by atoms with E-state index in [2.05, 4.69) is 262 Å². The van der Waals surface area contributed by atoms with Crippen molar-refractivity contribution in [1.29, 1.82) is 0 Å². The van der Waals surface area contributed by atoms with Gasteiger partial charge in [0.1, 0.15) is 0 Å². The average molecular weight is 974 g/mol. The van der Waals surface area contributed by atoms with Gasteiger partial charge in [0.2, 0.25) is 26.9 Å². The van der Waals surface area contributed by atoms with Crippen molar-refractivity contribution in [3.8, 4) is 22.3 Å². The molecule has 14 rings (SSSR count). The molecule has 0 unspecified atom stereocenters. The summed E-state index contributed by atoms with van der Waals surface area (Å²) in [4.78, 5) is 0. The van der Waals surface area contributed by atoms with Gasteiger partial charge in [-0.25, -0.2) is 0 Å². The maximum atomic E-state index is 4.04. The Bertz CT molecular complexity index is 3390. The number of benzene rings is 10. The zero-order chi connectivity index (χ0) is 44.4. The summed E-state index contributed by atoms with van der Waals surface area (Å²) < 4.78 is 2.18. The SMILES string of the molecule is Brc1ccc2c(c1)-c1c(ccc3c1B(c1ccccc1)c1ccccc1B3c1ccccc1)C21c2ccc(Br)cc2-c2c1ccc1c2B(c2ccccc2)c2ccccc2B1c1ccccc1. The van der Waals surface area contributed by atoms with Crippen LogP contribution < -0.4 is 65.6 Å². The summed E-state index contributed by atoms with van der Waals surface area (Å²) in [5.74, 6) is 0. The van der Waals surface area contributed by atoms with E-state index in [0.717, 1.165) is 8.95 Å². The summed E-state index contributed by atoms with van der Waals surface area (Å²) in [7, 11) is 0. The van der Waals surface area contributed by atoms with E-state index in [1.54, 1.807) is 0 Å². The van der Waals surface area contributed by atoms with Crippen LogP contribution in [0.25, 0.3) is 22.3 Å². The normalized spacial score (nSPS) is 14.1. The molecule has 67 heavy (non-hydrogen) atoms. The van der Waals surface area contributed by atoms with Gasteiger partial charge in [0.05, 0.1) is 5.41 Å². The van der Waals surface area contributed by atoms with Crippen LogP contribution >= 0.6 is 31.9 Å². The summed E-state index contributed by atoms with van der Waals surface area (Å²) in [6, 6.07) is 87.7. The van der Waals surface area contributed by atoms with E-state index in [1.807, 2.05) is 0 Å². The van der Waals surface area contributed by atoms with Gasteiger partial charge in [0, 0.05) is 8.95 Å². The molecule has 0 radical (unpaired) electrons. The molecule has 10 aromatic rings. The molecule has 2 aliphatic heterocycles. The quantitative estimate of drug-likeness (QED) is 0.184. The van der Waals surface area contributed by atoms with E-state index in [-0.39, 0.29) is 26.9 Å². The Kier molecular flexibility index (Phi) is 8.99. The van der Waals surface area contributed by atoms with E-state index in [0.29, 0.717) is 0 Å². The van der Waals surface area contributed by atoms with Gasteiger partial charge in [-0.15, -0.1) is 0 Å². The fourth-order valence-electron chi connectivity index (χ4n) is 13.3. The van der Waals surface area contributed by atoms with E-state index < -0.39 is 5.41 Å². The molecule has 0 N–H and O–H groups in total. The molecule has 10 aromatic carbocycles. The minimum Gasteiger partial charge on any atom is -0.0733 e. The topological polar surface area (TPSA) is 0 Å². The van der Waals surface area contributed by atoms with Crippen LogP contribution in [0, 0.1) is 0 Å². The summed E-state index contributed by atoms with van der Waals surface area (Å²) >= 11 is 8.08. The first-order valence-corrected chi connectivity index (χ1v) is 25.0. The zero-order valence-corrected chi connectivity index (χ0v) is 39.7. The lowest BCUT2D eigenvalue weighted by Gasteiger charge is -2.36. The summed E-state index contributed by atoms with van der Waals surface area (Å²) in [5.41, 5.74) is 26.5. The monoisotopic (exact) mass is 972 g/mol. The smallest absolute Gasteiger partial charge is 0.0733 e. The Labute approximate surface area is 410 Å². The highest BCUT2D eigenvalue weighted by Crippen LogP contribution is 2.62. The van der Waals surface area contributed by atoms with Crippen molar-refractivity contribution in [2.75, 3.05) is 0 Å². The van der Waals surface area contributed by atoms with E-state index in [9.17, 15) is 0 Å². The molecule has 0 nitrogen and oxygen atoms in total. The van der Waals surface area contributed by atoms with Crippen LogP contribution in [0.15, 0.2) is 239 Å². The van der Waals surface area contributed by atoms with Crippen molar-refractivity contribution in [1.82, 2.24) is 0 Å².